The van der Waals surface area contributed by atoms with E-state index in [1.54, 1.807) is 11.3 Å². The van der Waals surface area contributed by atoms with E-state index in [0.717, 1.165) is 50.7 Å². The number of aromatic nitrogens is 3. The van der Waals surface area contributed by atoms with Gasteiger partial charge in [-0.25, -0.2) is 4.98 Å². The van der Waals surface area contributed by atoms with Crippen LogP contribution in [0.15, 0.2) is 17.4 Å². The monoisotopic (exact) mass is 348 g/mol. The molecule has 2 rings (SSSR count). The summed E-state index contributed by atoms with van der Waals surface area (Å²) in [7, 11) is 0. The third-order valence-corrected chi connectivity index (χ3v) is 4.76. The number of nitrogens with zero attached hydrogens (tertiary/aromatic N) is 4. The molecular weight excluding hydrogens is 320 g/mol. The van der Waals surface area contributed by atoms with Crippen molar-refractivity contribution in [1.29, 1.82) is 0 Å². The fourth-order valence-corrected chi connectivity index (χ4v) is 3.22. The maximum Gasteiger partial charge on any atom is 0.191 e. The molecule has 0 atom stereocenters. The van der Waals surface area contributed by atoms with Gasteiger partial charge in [0.05, 0.1) is 16.9 Å². The molecule has 7 heteroatoms. The summed E-state index contributed by atoms with van der Waals surface area (Å²) >= 11 is 1.78. The first-order valence-corrected chi connectivity index (χ1v) is 9.34. The molecule has 0 bridgehead atoms. The van der Waals surface area contributed by atoms with E-state index in [9.17, 15) is 0 Å². The van der Waals surface area contributed by atoms with E-state index in [1.807, 2.05) is 10.9 Å². The Labute approximate surface area is 148 Å². The first-order valence-electron chi connectivity index (χ1n) is 8.52. The first kappa shape index (κ1) is 18.4. The van der Waals surface area contributed by atoms with Gasteiger partial charge < -0.3 is 10.6 Å². The van der Waals surface area contributed by atoms with Crippen LogP contribution in [0.25, 0.3) is 0 Å². The number of aliphatic imine (C=N–C) groups is 1. The molecule has 132 valence electrons. The highest BCUT2D eigenvalue weighted by Gasteiger charge is 2.04. The second-order valence-corrected chi connectivity index (χ2v) is 7.11. The van der Waals surface area contributed by atoms with Gasteiger partial charge in [0, 0.05) is 43.7 Å². The van der Waals surface area contributed by atoms with Crippen LogP contribution in [0, 0.1) is 20.8 Å². The lowest BCUT2D eigenvalue weighted by molar-refractivity contribution is 0.583. The maximum atomic E-state index is 4.63. The zero-order valence-electron chi connectivity index (χ0n) is 15.1. The number of aryl methyl sites for hydroxylation is 4. The van der Waals surface area contributed by atoms with Crippen LogP contribution in [0.5, 0.6) is 0 Å². The van der Waals surface area contributed by atoms with Crippen molar-refractivity contribution in [2.75, 3.05) is 19.6 Å². The summed E-state index contributed by atoms with van der Waals surface area (Å²) in [5.74, 6) is 0.874. The van der Waals surface area contributed by atoms with Crippen molar-refractivity contribution in [3.63, 3.8) is 0 Å². The molecule has 0 spiro atoms. The van der Waals surface area contributed by atoms with Crippen LogP contribution in [0.3, 0.4) is 0 Å². The lowest BCUT2D eigenvalue weighted by atomic mass is 10.4. The van der Waals surface area contributed by atoms with Crippen molar-refractivity contribution >= 4 is 17.3 Å². The molecule has 0 saturated heterocycles. The third-order valence-electron chi connectivity index (χ3n) is 3.63. The zero-order chi connectivity index (χ0) is 17.4. The summed E-state index contributed by atoms with van der Waals surface area (Å²) in [6, 6.07) is 0. The molecule has 0 unspecified atom stereocenters. The summed E-state index contributed by atoms with van der Waals surface area (Å²) in [6.45, 7) is 11.7. The van der Waals surface area contributed by atoms with Crippen molar-refractivity contribution in [2.24, 2.45) is 4.99 Å². The van der Waals surface area contributed by atoms with Gasteiger partial charge in [-0.05, 0) is 39.7 Å². The highest BCUT2D eigenvalue weighted by molar-refractivity contribution is 7.11. The fraction of sp³-hybridized carbons (Fsp3) is 0.588. The van der Waals surface area contributed by atoms with Gasteiger partial charge in [-0.15, -0.1) is 11.3 Å². The van der Waals surface area contributed by atoms with Crippen LogP contribution in [-0.2, 0) is 13.0 Å². The third kappa shape index (κ3) is 5.96. The summed E-state index contributed by atoms with van der Waals surface area (Å²) in [5, 5.41) is 12.1. The van der Waals surface area contributed by atoms with Gasteiger partial charge >= 0.3 is 0 Å². The highest BCUT2D eigenvalue weighted by atomic mass is 32.1. The smallest absolute Gasteiger partial charge is 0.191 e. The van der Waals surface area contributed by atoms with Crippen molar-refractivity contribution in [3.05, 3.63) is 33.5 Å². The minimum atomic E-state index is 0.781. The lowest BCUT2D eigenvalue weighted by Gasteiger charge is -2.10. The molecule has 24 heavy (non-hydrogen) atoms. The number of nitrogens with one attached hydrogen (secondary N) is 2. The molecule has 2 heterocycles. The molecule has 0 aromatic carbocycles. The normalized spacial score (nSPS) is 11.8. The van der Waals surface area contributed by atoms with E-state index in [1.165, 1.54) is 15.4 Å². The summed E-state index contributed by atoms with van der Waals surface area (Å²) in [6.07, 6.45) is 5.85. The van der Waals surface area contributed by atoms with E-state index in [4.69, 9.17) is 0 Å². The van der Waals surface area contributed by atoms with Crippen LogP contribution in [0.1, 0.15) is 34.5 Å². The Morgan fingerprint density at radius 1 is 1.29 bits per heavy atom. The Bertz CT molecular complexity index is 638. The Morgan fingerprint density at radius 3 is 2.75 bits per heavy atom. The summed E-state index contributed by atoms with van der Waals surface area (Å²) < 4.78 is 1.97. The topological polar surface area (TPSA) is 67.1 Å². The molecule has 6 nitrogen and oxygen atoms in total. The van der Waals surface area contributed by atoms with Gasteiger partial charge in [0.2, 0.25) is 0 Å². The molecular formula is C17H28N6S. The zero-order valence-corrected chi connectivity index (χ0v) is 15.9. The van der Waals surface area contributed by atoms with Crippen molar-refractivity contribution < 1.29 is 0 Å². The number of rotatable bonds is 8. The van der Waals surface area contributed by atoms with Crippen molar-refractivity contribution in [2.45, 2.75) is 47.1 Å². The second kappa shape index (κ2) is 9.42. The largest absolute Gasteiger partial charge is 0.357 e. The van der Waals surface area contributed by atoms with Gasteiger partial charge in [-0.2, -0.15) is 5.10 Å². The van der Waals surface area contributed by atoms with Crippen LogP contribution in [0.2, 0.25) is 0 Å². The molecule has 0 fully saturated rings. The van der Waals surface area contributed by atoms with E-state index < -0.39 is 0 Å². The summed E-state index contributed by atoms with van der Waals surface area (Å²) in [4.78, 5) is 10.5. The molecule has 0 aliphatic heterocycles. The average molecular weight is 349 g/mol. The Balaban J connectivity index is 1.73. The lowest BCUT2D eigenvalue weighted by Crippen LogP contribution is -2.38. The molecule has 0 amide bonds. The molecule has 2 aromatic rings. The van der Waals surface area contributed by atoms with E-state index in [0.29, 0.717) is 0 Å². The highest BCUT2D eigenvalue weighted by Crippen LogP contribution is 2.16. The number of guanidine groups is 1. The Hall–Kier alpha value is -1.89. The van der Waals surface area contributed by atoms with Gasteiger partial charge in [0.25, 0.3) is 0 Å². The molecule has 0 aliphatic carbocycles. The predicted octanol–water partition coefficient (Wildman–Crippen LogP) is 2.45. The predicted molar refractivity (Wildman–Crippen MR) is 101 cm³/mol. The molecule has 0 radical (unpaired) electrons. The van der Waals surface area contributed by atoms with Gasteiger partial charge in [0.15, 0.2) is 5.96 Å². The molecule has 0 saturated carbocycles. The van der Waals surface area contributed by atoms with Crippen LogP contribution < -0.4 is 10.6 Å². The SMILES string of the molecule is CCNC(=NCCCn1cc(C)cn1)NCCc1nc(C)c(C)s1. The molecule has 0 aliphatic rings. The van der Waals surface area contributed by atoms with Crippen LogP contribution in [-0.4, -0.2) is 40.4 Å². The minimum absolute atomic E-state index is 0.781. The van der Waals surface area contributed by atoms with E-state index >= 15 is 0 Å². The number of hydrogen-bond donors (Lipinski definition) is 2. The standard InChI is InChI=1S/C17H28N6S/c1-5-18-17(19-8-6-10-23-12-13(2)11-21-23)20-9-7-16-22-14(3)15(4)24-16/h11-12H,5-10H2,1-4H3,(H2,18,19,20). The number of thiazole rings is 1. The van der Waals surface area contributed by atoms with Crippen molar-refractivity contribution in [3.8, 4) is 0 Å². The van der Waals surface area contributed by atoms with E-state index in [2.05, 4.69) is 59.6 Å². The average Bonchev–Trinajstić information content (AvgIpc) is 3.09. The van der Waals surface area contributed by atoms with Gasteiger partial charge in [-0.1, -0.05) is 0 Å². The van der Waals surface area contributed by atoms with Gasteiger partial charge in [0.1, 0.15) is 0 Å². The summed E-state index contributed by atoms with van der Waals surface area (Å²) in [5.41, 5.74) is 2.34. The van der Waals surface area contributed by atoms with Crippen LogP contribution in [0.4, 0.5) is 0 Å². The van der Waals surface area contributed by atoms with Crippen molar-refractivity contribution in [1.82, 2.24) is 25.4 Å². The second-order valence-electron chi connectivity index (χ2n) is 5.82. The van der Waals surface area contributed by atoms with Gasteiger partial charge in [-0.3, -0.25) is 9.67 Å². The Morgan fingerprint density at radius 2 is 2.12 bits per heavy atom. The fourth-order valence-electron chi connectivity index (χ4n) is 2.29. The quantitative estimate of drug-likeness (QED) is 0.437. The first-order chi connectivity index (χ1) is 11.6. The Kier molecular flexibility index (Phi) is 7.24. The molecule has 2 aromatic heterocycles. The number of hydrogen-bond acceptors (Lipinski definition) is 4. The van der Waals surface area contributed by atoms with Crippen LogP contribution >= 0.6 is 11.3 Å². The maximum absolute atomic E-state index is 4.63. The molecule has 2 N–H and O–H groups in total. The van der Waals surface area contributed by atoms with E-state index in [-0.39, 0.29) is 0 Å². The minimum Gasteiger partial charge on any atom is -0.357 e.